The van der Waals surface area contributed by atoms with Crippen LogP contribution in [-0.2, 0) is 16.6 Å². The van der Waals surface area contributed by atoms with Crippen molar-refractivity contribution in [3.8, 4) is 0 Å². The van der Waals surface area contributed by atoms with Crippen molar-refractivity contribution in [2.45, 2.75) is 68.8 Å². The van der Waals surface area contributed by atoms with Gasteiger partial charge in [-0.1, -0.05) is 20.3 Å². The Hall–Kier alpha value is -0.430. The molecule has 1 heterocycles. The maximum Gasteiger partial charge on any atom is 0.250 e. The van der Waals surface area contributed by atoms with Crippen LogP contribution in [-0.4, -0.2) is 20.5 Å². The molecule has 0 spiro atoms. The molecule has 0 radical (unpaired) electrons. The average Bonchev–Trinajstić information content (AvgIpc) is 3.11. The van der Waals surface area contributed by atoms with Crippen molar-refractivity contribution in [1.82, 2.24) is 10.0 Å². The molecule has 2 N–H and O–H groups in total. The molecule has 114 valence electrons. The van der Waals surface area contributed by atoms with Gasteiger partial charge in [-0.3, -0.25) is 0 Å². The fourth-order valence-corrected chi connectivity index (χ4v) is 4.69. The first-order valence-electron chi connectivity index (χ1n) is 7.38. The Labute approximate surface area is 126 Å². The number of hydrogen-bond donors (Lipinski definition) is 2. The van der Waals surface area contributed by atoms with Gasteiger partial charge in [0.2, 0.25) is 10.0 Å². The van der Waals surface area contributed by atoms with Crippen molar-refractivity contribution in [3.05, 3.63) is 17.0 Å². The lowest BCUT2D eigenvalue weighted by Crippen LogP contribution is -2.33. The standard InChI is InChI=1S/C14H24N2O2S2/c1-3-5-12(4-2)16-20(17,18)14-8-11(10-19-14)9-15-13-6-7-13/h8,10,12-13,15-16H,3-7,9H2,1-2H3. The maximum absolute atomic E-state index is 12.3. The molecule has 6 heteroatoms. The highest BCUT2D eigenvalue weighted by molar-refractivity contribution is 7.91. The fourth-order valence-electron chi connectivity index (χ4n) is 2.11. The summed E-state index contributed by atoms with van der Waals surface area (Å²) in [6.45, 7) is 4.86. The summed E-state index contributed by atoms with van der Waals surface area (Å²) >= 11 is 1.31. The molecule has 1 atom stereocenters. The molecule has 0 aromatic carbocycles. The Morgan fingerprint density at radius 2 is 2.15 bits per heavy atom. The Bertz CT molecular complexity index is 521. The van der Waals surface area contributed by atoms with E-state index in [0.717, 1.165) is 31.4 Å². The fraction of sp³-hybridized carbons (Fsp3) is 0.714. The van der Waals surface area contributed by atoms with E-state index in [4.69, 9.17) is 0 Å². The number of sulfonamides is 1. The Morgan fingerprint density at radius 1 is 1.40 bits per heavy atom. The Morgan fingerprint density at radius 3 is 2.75 bits per heavy atom. The SMILES string of the molecule is CCCC(CC)NS(=O)(=O)c1cc(CNC2CC2)cs1. The first-order chi connectivity index (χ1) is 9.55. The largest absolute Gasteiger partial charge is 0.310 e. The van der Waals surface area contributed by atoms with Gasteiger partial charge in [0.05, 0.1) is 0 Å². The molecule has 2 rings (SSSR count). The third kappa shape index (κ3) is 4.55. The molecule has 1 fully saturated rings. The van der Waals surface area contributed by atoms with Crippen LogP contribution in [0.25, 0.3) is 0 Å². The van der Waals surface area contributed by atoms with E-state index in [1.165, 1.54) is 24.2 Å². The molecule has 1 aromatic heterocycles. The van der Waals surface area contributed by atoms with Gasteiger partial charge in [-0.25, -0.2) is 13.1 Å². The van der Waals surface area contributed by atoms with Gasteiger partial charge in [0.1, 0.15) is 4.21 Å². The molecule has 1 aromatic rings. The summed E-state index contributed by atoms with van der Waals surface area (Å²) in [6.07, 6.45) is 5.19. The maximum atomic E-state index is 12.3. The van der Waals surface area contributed by atoms with E-state index >= 15 is 0 Å². The van der Waals surface area contributed by atoms with Crippen molar-refractivity contribution in [2.24, 2.45) is 0 Å². The van der Waals surface area contributed by atoms with Gasteiger partial charge in [-0.05, 0) is 42.7 Å². The summed E-state index contributed by atoms with van der Waals surface area (Å²) in [6, 6.07) is 2.48. The lowest BCUT2D eigenvalue weighted by atomic mass is 10.1. The molecule has 0 amide bonds. The van der Waals surface area contributed by atoms with E-state index in [0.29, 0.717) is 10.3 Å². The third-order valence-corrected chi connectivity index (χ3v) is 6.53. The summed E-state index contributed by atoms with van der Waals surface area (Å²) < 4.78 is 27.9. The highest BCUT2D eigenvalue weighted by Gasteiger charge is 2.22. The summed E-state index contributed by atoms with van der Waals surface area (Å²) in [7, 11) is -3.36. The van der Waals surface area contributed by atoms with Crippen LogP contribution in [0.5, 0.6) is 0 Å². The number of nitrogens with one attached hydrogen (secondary N) is 2. The van der Waals surface area contributed by atoms with Crippen LogP contribution in [0, 0.1) is 0 Å². The van der Waals surface area contributed by atoms with Crippen LogP contribution in [0.15, 0.2) is 15.7 Å². The molecular formula is C14H24N2O2S2. The molecule has 0 bridgehead atoms. The second kappa shape index (κ2) is 7.02. The Balaban J connectivity index is 1.96. The van der Waals surface area contributed by atoms with E-state index in [2.05, 4.69) is 17.0 Å². The van der Waals surface area contributed by atoms with Gasteiger partial charge in [0.25, 0.3) is 0 Å². The molecule has 1 saturated carbocycles. The summed E-state index contributed by atoms with van der Waals surface area (Å²) in [5.41, 5.74) is 1.06. The second-order valence-electron chi connectivity index (χ2n) is 5.44. The zero-order valence-corrected chi connectivity index (χ0v) is 13.8. The average molecular weight is 316 g/mol. The summed E-state index contributed by atoms with van der Waals surface area (Å²) in [5.74, 6) is 0. The monoisotopic (exact) mass is 316 g/mol. The lowest BCUT2D eigenvalue weighted by molar-refractivity contribution is 0.513. The van der Waals surface area contributed by atoms with Crippen LogP contribution >= 0.6 is 11.3 Å². The van der Waals surface area contributed by atoms with Crippen molar-refractivity contribution < 1.29 is 8.42 Å². The van der Waals surface area contributed by atoms with Crippen LogP contribution in [0.4, 0.5) is 0 Å². The number of rotatable bonds is 9. The predicted molar refractivity (Wildman–Crippen MR) is 83.5 cm³/mol. The highest BCUT2D eigenvalue weighted by Crippen LogP contribution is 2.23. The predicted octanol–water partition coefficient (Wildman–Crippen LogP) is 2.86. The van der Waals surface area contributed by atoms with Gasteiger partial charge >= 0.3 is 0 Å². The summed E-state index contributed by atoms with van der Waals surface area (Å²) in [4.78, 5) is 0. The first kappa shape index (κ1) is 15.9. The quantitative estimate of drug-likeness (QED) is 0.736. The summed E-state index contributed by atoms with van der Waals surface area (Å²) in [5, 5.41) is 5.34. The van der Waals surface area contributed by atoms with Gasteiger partial charge in [-0.15, -0.1) is 11.3 Å². The highest BCUT2D eigenvalue weighted by atomic mass is 32.2. The van der Waals surface area contributed by atoms with E-state index in [9.17, 15) is 8.42 Å². The van der Waals surface area contributed by atoms with Crippen molar-refractivity contribution in [3.63, 3.8) is 0 Å². The number of hydrogen-bond acceptors (Lipinski definition) is 4. The minimum atomic E-state index is -3.36. The number of thiophene rings is 1. The second-order valence-corrected chi connectivity index (χ2v) is 8.30. The van der Waals surface area contributed by atoms with Gasteiger partial charge in [0, 0.05) is 18.6 Å². The van der Waals surface area contributed by atoms with Crippen LogP contribution in [0.1, 0.15) is 51.5 Å². The molecule has 1 aliphatic carbocycles. The van der Waals surface area contributed by atoms with Crippen molar-refractivity contribution in [1.29, 1.82) is 0 Å². The molecule has 20 heavy (non-hydrogen) atoms. The minimum absolute atomic E-state index is 0.0418. The molecule has 1 aliphatic rings. The van der Waals surface area contributed by atoms with Gasteiger partial charge < -0.3 is 5.32 Å². The minimum Gasteiger partial charge on any atom is -0.310 e. The Kier molecular flexibility index (Phi) is 5.60. The van der Waals surface area contributed by atoms with Crippen LogP contribution in [0.3, 0.4) is 0 Å². The molecular weight excluding hydrogens is 292 g/mol. The topological polar surface area (TPSA) is 58.2 Å². The smallest absolute Gasteiger partial charge is 0.250 e. The van der Waals surface area contributed by atoms with Gasteiger partial charge in [-0.2, -0.15) is 0 Å². The van der Waals surface area contributed by atoms with E-state index < -0.39 is 10.0 Å². The zero-order valence-electron chi connectivity index (χ0n) is 12.2. The zero-order chi connectivity index (χ0) is 14.6. The first-order valence-corrected chi connectivity index (χ1v) is 9.74. The van der Waals surface area contributed by atoms with E-state index in [1.807, 2.05) is 12.3 Å². The normalized spacial score (nSPS) is 17.3. The van der Waals surface area contributed by atoms with Gasteiger partial charge in [0.15, 0.2) is 0 Å². The van der Waals surface area contributed by atoms with E-state index in [-0.39, 0.29) is 6.04 Å². The molecule has 1 unspecified atom stereocenters. The van der Waals surface area contributed by atoms with Crippen LogP contribution in [0.2, 0.25) is 0 Å². The third-order valence-electron chi connectivity index (χ3n) is 3.52. The molecule has 0 saturated heterocycles. The van der Waals surface area contributed by atoms with E-state index in [1.54, 1.807) is 6.07 Å². The van der Waals surface area contributed by atoms with Crippen molar-refractivity contribution >= 4 is 21.4 Å². The van der Waals surface area contributed by atoms with Crippen molar-refractivity contribution in [2.75, 3.05) is 0 Å². The lowest BCUT2D eigenvalue weighted by Gasteiger charge is -2.15. The molecule has 4 nitrogen and oxygen atoms in total. The molecule has 0 aliphatic heterocycles. The van der Waals surface area contributed by atoms with Crippen LogP contribution < -0.4 is 10.0 Å².